The molecule has 0 saturated carbocycles. The van der Waals surface area contributed by atoms with E-state index < -0.39 is 4.92 Å². The highest BCUT2D eigenvalue weighted by Gasteiger charge is 2.16. The van der Waals surface area contributed by atoms with Crippen molar-refractivity contribution in [2.24, 2.45) is 0 Å². The fourth-order valence-electron chi connectivity index (χ4n) is 2.89. The van der Waals surface area contributed by atoms with Crippen LogP contribution in [0.1, 0.15) is 5.56 Å². The molecular formula is C19H12ClN3O3S. The largest absolute Gasteiger partial charge is 0.294 e. The first-order valence-electron chi connectivity index (χ1n) is 7.99. The summed E-state index contributed by atoms with van der Waals surface area (Å²) in [5.41, 5.74) is 1.85. The molecule has 0 radical (unpaired) electrons. The Hall–Kier alpha value is -3.03. The van der Waals surface area contributed by atoms with Crippen molar-refractivity contribution in [1.82, 2.24) is 9.55 Å². The van der Waals surface area contributed by atoms with Crippen LogP contribution in [-0.2, 0) is 6.54 Å². The number of nitrogens with zero attached hydrogens (tertiary/aromatic N) is 3. The van der Waals surface area contributed by atoms with Crippen molar-refractivity contribution in [3.63, 3.8) is 0 Å². The van der Waals surface area contributed by atoms with Gasteiger partial charge in [-0.15, -0.1) is 11.3 Å². The van der Waals surface area contributed by atoms with E-state index in [0.717, 1.165) is 5.56 Å². The number of aromatic nitrogens is 2. The average Bonchev–Trinajstić information content (AvgIpc) is 3.11. The number of rotatable bonds is 4. The van der Waals surface area contributed by atoms with Gasteiger partial charge in [-0.1, -0.05) is 41.9 Å². The van der Waals surface area contributed by atoms with Gasteiger partial charge in [-0.2, -0.15) is 0 Å². The van der Waals surface area contributed by atoms with E-state index in [9.17, 15) is 14.9 Å². The zero-order valence-corrected chi connectivity index (χ0v) is 15.4. The molecule has 27 heavy (non-hydrogen) atoms. The number of benzene rings is 2. The Morgan fingerprint density at radius 2 is 2.00 bits per heavy atom. The van der Waals surface area contributed by atoms with Crippen LogP contribution in [0.25, 0.3) is 21.3 Å². The minimum absolute atomic E-state index is 0.0212. The van der Waals surface area contributed by atoms with Gasteiger partial charge >= 0.3 is 0 Å². The van der Waals surface area contributed by atoms with Gasteiger partial charge in [-0.05, 0) is 17.2 Å². The van der Waals surface area contributed by atoms with Crippen LogP contribution in [-0.4, -0.2) is 14.5 Å². The summed E-state index contributed by atoms with van der Waals surface area (Å²) in [6, 6.07) is 13.6. The van der Waals surface area contributed by atoms with Crippen LogP contribution in [0.15, 0.2) is 65.0 Å². The Morgan fingerprint density at radius 3 is 2.78 bits per heavy atom. The van der Waals surface area contributed by atoms with Gasteiger partial charge in [0.05, 0.1) is 23.2 Å². The van der Waals surface area contributed by atoms with Crippen LogP contribution in [0.3, 0.4) is 0 Å². The number of fused-ring (bicyclic) bond motifs is 1. The fraction of sp³-hybridized carbons (Fsp3) is 0.0526. The minimum atomic E-state index is -0.452. The second-order valence-electron chi connectivity index (χ2n) is 5.91. The molecule has 0 aliphatic carbocycles. The maximum atomic E-state index is 13.1. The van der Waals surface area contributed by atoms with Crippen molar-refractivity contribution in [3.8, 4) is 11.1 Å². The van der Waals surface area contributed by atoms with Crippen molar-refractivity contribution in [3.05, 3.63) is 91.3 Å². The SMILES string of the molecule is O=c1c2c(-c3cccc([N+](=O)[O-])c3)csc2ncn1Cc1ccccc1Cl. The maximum absolute atomic E-state index is 13.1. The van der Waals surface area contributed by atoms with Crippen LogP contribution < -0.4 is 5.56 Å². The van der Waals surface area contributed by atoms with Gasteiger partial charge in [0.25, 0.3) is 11.2 Å². The third-order valence-corrected chi connectivity index (χ3v) is 5.48. The van der Waals surface area contributed by atoms with Crippen molar-refractivity contribution in [2.45, 2.75) is 6.54 Å². The molecule has 4 aromatic rings. The second kappa shape index (κ2) is 6.94. The molecule has 0 saturated heterocycles. The normalized spacial score (nSPS) is 11.0. The highest BCUT2D eigenvalue weighted by Crippen LogP contribution is 2.32. The molecule has 0 amide bonds. The zero-order chi connectivity index (χ0) is 19.0. The topological polar surface area (TPSA) is 78.0 Å². The first-order valence-corrected chi connectivity index (χ1v) is 9.25. The van der Waals surface area contributed by atoms with E-state index in [1.807, 2.05) is 18.2 Å². The molecular weight excluding hydrogens is 386 g/mol. The Balaban J connectivity index is 1.85. The van der Waals surface area contributed by atoms with Gasteiger partial charge in [0, 0.05) is 28.1 Å². The first-order chi connectivity index (χ1) is 13.0. The summed E-state index contributed by atoms with van der Waals surface area (Å²) in [5, 5.41) is 13.9. The Bertz CT molecular complexity index is 1230. The van der Waals surface area contributed by atoms with E-state index in [4.69, 9.17) is 11.6 Å². The Kier molecular flexibility index (Phi) is 4.47. The number of hydrogen-bond donors (Lipinski definition) is 0. The van der Waals surface area contributed by atoms with E-state index in [0.29, 0.717) is 32.9 Å². The van der Waals surface area contributed by atoms with Crippen LogP contribution in [0.2, 0.25) is 5.02 Å². The first kappa shape index (κ1) is 17.4. The van der Waals surface area contributed by atoms with E-state index >= 15 is 0 Å². The molecule has 0 fully saturated rings. The smallest absolute Gasteiger partial charge is 0.270 e. The lowest BCUT2D eigenvalue weighted by molar-refractivity contribution is -0.384. The fourth-order valence-corrected chi connectivity index (χ4v) is 3.99. The monoisotopic (exact) mass is 397 g/mol. The quantitative estimate of drug-likeness (QED) is 0.368. The van der Waals surface area contributed by atoms with Crippen molar-refractivity contribution >= 4 is 38.8 Å². The molecule has 0 N–H and O–H groups in total. The van der Waals surface area contributed by atoms with E-state index in [1.54, 1.807) is 23.6 Å². The van der Waals surface area contributed by atoms with Crippen LogP contribution in [0.5, 0.6) is 0 Å². The van der Waals surface area contributed by atoms with Crippen molar-refractivity contribution in [2.75, 3.05) is 0 Å². The van der Waals surface area contributed by atoms with Gasteiger partial charge in [-0.25, -0.2) is 4.98 Å². The lowest BCUT2D eigenvalue weighted by Crippen LogP contribution is -2.21. The predicted molar refractivity (Wildman–Crippen MR) is 107 cm³/mol. The van der Waals surface area contributed by atoms with Crippen molar-refractivity contribution in [1.29, 1.82) is 0 Å². The number of nitro groups is 1. The molecule has 4 rings (SSSR count). The number of nitro benzene ring substituents is 1. The molecule has 0 spiro atoms. The summed E-state index contributed by atoms with van der Waals surface area (Å²) >= 11 is 7.54. The van der Waals surface area contributed by atoms with E-state index in [-0.39, 0.29) is 11.2 Å². The standard InChI is InChI=1S/C19H12ClN3O3S/c20-16-7-2-1-4-13(16)9-22-11-21-18-17(19(22)24)15(10-27-18)12-5-3-6-14(8-12)23(25)26/h1-8,10-11H,9H2. The summed E-state index contributed by atoms with van der Waals surface area (Å²) in [5.74, 6) is 0. The third kappa shape index (κ3) is 3.22. The number of hydrogen-bond acceptors (Lipinski definition) is 5. The molecule has 134 valence electrons. The highest BCUT2D eigenvalue weighted by molar-refractivity contribution is 7.17. The summed E-state index contributed by atoms with van der Waals surface area (Å²) < 4.78 is 1.50. The molecule has 2 aromatic heterocycles. The molecule has 2 aromatic carbocycles. The number of halogens is 1. The van der Waals surface area contributed by atoms with Gasteiger partial charge < -0.3 is 0 Å². The molecule has 2 heterocycles. The Labute approximate surface area is 162 Å². The van der Waals surface area contributed by atoms with Gasteiger partial charge in [0.1, 0.15) is 4.83 Å². The molecule has 0 bridgehead atoms. The van der Waals surface area contributed by atoms with Crippen molar-refractivity contribution < 1.29 is 4.92 Å². The van der Waals surface area contributed by atoms with Gasteiger partial charge in [0.2, 0.25) is 0 Å². The van der Waals surface area contributed by atoms with Gasteiger partial charge in [-0.3, -0.25) is 19.5 Å². The maximum Gasteiger partial charge on any atom is 0.270 e. The van der Waals surface area contributed by atoms with Crippen LogP contribution >= 0.6 is 22.9 Å². The van der Waals surface area contributed by atoms with Gasteiger partial charge in [0.15, 0.2) is 0 Å². The molecule has 0 unspecified atom stereocenters. The minimum Gasteiger partial charge on any atom is -0.294 e. The average molecular weight is 398 g/mol. The molecule has 0 aliphatic heterocycles. The lowest BCUT2D eigenvalue weighted by Gasteiger charge is -2.08. The van der Waals surface area contributed by atoms with Crippen LogP contribution in [0, 0.1) is 10.1 Å². The Morgan fingerprint density at radius 1 is 1.19 bits per heavy atom. The molecule has 8 heteroatoms. The predicted octanol–water partition coefficient (Wildman–Crippen LogP) is 4.73. The lowest BCUT2D eigenvalue weighted by atomic mass is 10.1. The highest BCUT2D eigenvalue weighted by atomic mass is 35.5. The molecule has 0 atom stereocenters. The summed E-state index contributed by atoms with van der Waals surface area (Å²) in [4.78, 5) is 28.6. The third-order valence-electron chi connectivity index (χ3n) is 4.23. The van der Waals surface area contributed by atoms with E-state index in [1.165, 1.54) is 34.4 Å². The molecule has 6 nitrogen and oxygen atoms in total. The number of thiophene rings is 1. The van der Waals surface area contributed by atoms with E-state index in [2.05, 4.69) is 4.98 Å². The molecule has 0 aliphatic rings. The summed E-state index contributed by atoms with van der Waals surface area (Å²) in [6.07, 6.45) is 1.50. The summed E-state index contributed by atoms with van der Waals surface area (Å²) in [7, 11) is 0. The number of non-ortho nitro benzene ring substituents is 1. The summed E-state index contributed by atoms with van der Waals surface area (Å²) in [6.45, 7) is 0.297. The second-order valence-corrected chi connectivity index (χ2v) is 7.17. The zero-order valence-electron chi connectivity index (χ0n) is 13.8. The van der Waals surface area contributed by atoms with Crippen LogP contribution in [0.4, 0.5) is 5.69 Å².